The lowest BCUT2D eigenvalue weighted by Gasteiger charge is -2.37. The molecular formula is C24H33N3O2. The first kappa shape index (κ1) is 21.0. The summed E-state index contributed by atoms with van der Waals surface area (Å²) in [5.41, 5.74) is 4.95. The van der Waals surface area contributed by atoms with Gasteiger partial charge in [-0.3, -0.25) is 0 Å². The number of anilines is 1. The second kappa shape index (κ2) is 8.76. The molecule has 1 N–H and O–H groups in total. The number of hydrogen-bond donors (Lipinski definition) is 1. The summed E-state index contributed by atoms with van der Waals surface area (Å²) >= 11 is 0. The molecule has 3 rings (SSSR count). The van der Waals surface area contributed by atoms with Gasteiger partial charge in [0.15, 0.2) is 0 Å². The Kier molecular flexibility index (Phi) is 6.36. The predicted molar refractivity (Wildman–Crippen MR) is 119 cm³/mol. The molecule has 0 spiro atoms. The summed E-state index contributed by atoms with van der Waals surface area (Å²) in [6.45, 7) is 12.4. The number of amides is 2. The molecule has 29 heavy (non-hydrogen) atoms. The first-order chi connectivity index (χ1) is 13.8. The van der Waals surface area contributed by atoms with Gasteiger partial charge in [-0.25, -0.2) is 4.79 Å². The topological polar surface area (TPSA) is 44.8 Å². The Morgan fingerprint density at radius 2 is 1.69 bits per heavy atom. The van der Waals surface area contributed by atoms with E-state index in [1.54, 1.807) is 7.11 Å². The molecule has 2 aromatic rings. The van der Waals surface area contributed by atoms with E-state index >= 15 is 0 Å². The molecule has 1 heterocycles. The van der Waals surface area contributed by atoms with Crippen molar-refractivity contribution in [3.05, 3.63) is 59.2 Å². The number of nitrogens with one attached hydrogen (secondary N) is 1. The summed E-state index contributed by atoms with van der Waals surface area (Å²) in [6.07, 6.45) is 0. The summed E-state index contributed by atoms with van der Waals surface area (Å²) in [5.74, 6) is 0.843. The summed E-state index contributed by atoms with van der Waals surface area (Å²) in [6, 6.07) is 14.5. The molecule has 1 saturated heterocycles. The van der Waals surface area contributed by atoms with Gasteiger partial charge in [-0.1, -0.05) is 38.1 Å². The Morgan fingerprint density at radius 1 is 1.03 bits per heavy atom. The molecule has 1 fully saturated rings. The highest BCUT2D eigenvalue weighted by atomic mass is 16.5. The van der Waals surface area contributed by atoms with Crippen molar-refractivity contribution in [1.82, 2.24) is 10.2 Å². The van der Waals surface area contributed by atoms with Crippen LogP contribution >= 0.6 is 0 Å². The number of piperazine rings is 1. The predicted octanol–water partition coefficient (Wildman–Crippen LogP) is 4.12. The molecular weight excluding hydrogens is 362 g/mol. The van der Waals surface area contributed by atoms with Gasteiger partial charge in [0.1, 0.15) is 5.75 Å². The number of aryl methyl sites for hydroxylation is 1. The molecule has 0 aromatic heterocycles. The number of carbonyl (C=O) groups is 1. The lowest BCUT2D eigenvalue weighted by atomic mass is 9.84. The van der Waals surface area contributed by atoms with Crippen LogP contribution in [-0.4, -0.2) is 50.8 Å². The Balaban J connectivity index is 1.53. The van der Waals surface area contributed by atoms with E-state index in [4.69, 9.17) is 4.74 Å². The average molecular weight is 396 g/mol. The van der Waals surface area contributed by atoms with E-state index in [9.17, 15) is 4.79 Å². The second-order valence-electron chi connectivity index (χ2n) is 8.46. The van der Waals surface area contributed by atoms with Gasteiger partial charge in [-0.2, -0.15) is 0 Å². The van der Waals surface area contributed by atoms with Crippen molar-refractivity contribution < 1.29 is 9.53 Å². The van der Waals surface area contributed by atoms with E-state index in [2.05, 4.69) is 68.2 Å². The number of ether oxygens (including phenoxy) is 1. The molecule has 5 nitrogen and oxygen atoms in total. The van der Waals surface area contributed by atoms with E-state index in [-0.39, 0.29) is 11.4 Å². The minimum Gasteiger partial charge on any atom is -0.497 e. The van der Waals surface area contributed by atoms with Gasteiger partial charge >= 0.3 is 6.03 Å². The monoisotopic (exact) mass is 395 g/mol. The number of urea groups is 1. The van der Waals surface area contributed by atoms with Crippen LogP contribution in [0.1, 0.15) is 30.5 Å². The molecule has 5 heteroatoms. The Hall–Kier alpha value is -2.69. The molecule has 1 aliphatic rings. The highest BCUT2D eigenvalue weighted by molar-refractivity contribution is 5.74. The Morgan fingerprint density at radius 3 is 2.31 bits per heavy atom. The minimum absolute atomic E-state index is 0.0206. The van der Waals surface area contributed by atoms with Gasteiger partial charge in [-0.15, -0.1) is 0 Å². The van der Waals surface area contributed by atoms with Crippen molar-refractivity contribution in [2.75, 3.05) is 44.7 Å². The molecule has 0 atom stereocenters. The largest absolute Gasteiger partial charge is 0.497 e. The van der Waals surface area contributed by atoms with Crippen LogP contribution in [-0.2, 0) is 5.41 Å². The molecule has 0 bridgehead atoms. The van der Waals surface area contributed by atoms with Crippen LogP contribution in [0, 0.1) is 13.8 Å². The standard InChI is InChI=1S/C24H33N3O2/c1-18-7-6-8-22(19(18)2)26-13-15-27(16-14-26)23(28)25-17-24(3,4)20-9-11-21(29-5)12-10-20/h6-12H,13-17H2,1-5H3,(H,25,28). The quantitative estimate of drug-likeness (QED) is 0.828. The van der Waals surface area contributed by atoms with E-state index in [1.807, 2.05) is 17.0 Å². The number of carbonyl (C=O) groups excluding carboxylic acids is 1. The maximum absolute atomic E-state index is 12.7. The lowest BCUT2D eigenvalue weighted by molar-refractivity contribution is 0.192. The van der Waals surface area contributed by atoms with Crippen LogP contribution < -0.4 is 15.0 Å². The van der Waals surface area contributed by atoms with Crippen molar-refractivity contribution in [2.45, 2.75) is 33.1 Å². The van der Waals surface area contributed by atoms with Crippen LogP contribution in [0.2, 0.25) is 0 Å². The van der Waals surface area contributed by atoms with Crippen molar-refractivity contribution in [2.24, 2.45) is 0 Å². The number of methoxy groups -OCH3 is 1. The lowest BCUT2D eigenvalue weighted by Crippen LogP contribution is -2.53. The highest BCUT2D eigenvalue weighted by Gasteiger charge is 2.25. The number of rotatable bonds is 5. The molecule has 0 saturated carbocycles. The van der Waals surface area contributed by atoms with Crippen molar-refractivity contribution >= 4 is 11.7 Å². The minimum atomic E-state index is -0.150. The van der Waals surface area contributed by atoms with Crippen LogP contribution in [0.25, 0.3) is 0 Å². The number of nitrogens with zero attached hydrogens (tertiary/aromatic N) is 2. The van der Waals surface area contributed by atoms with E-state index in [0.29, 0.717) is 6.54 Å². The maximum Gasteiger partial charge on any atom is 0.317 e. The van der Waals surface area contributed by atoms with Gasteiger partial charge in [0.2, 0.25) is 0 Å². The van der Waals surface area contributed by atoms with E-state index < -0.39 is 0 Å². The Labute approximate surface area is 174 Å². The molecule has 0 radical (unpaired) electrons. The zero-order chi connectivity index (χ0) is 21.0. The molecule has 0 aliphatic carbocycles. The van der Waals surface area contributed by atoms with Gasteiger partial charge in [0, 0.05) is 43.8 Å². The maximum atomic E-state index is 12.7. The zero-order valence-electron chi connectivity index (χ0n) is 18.3. The van der Waals surface area contributed by atoms with Gasteiger partial charge in [0.25, 0.3) is 0 Å². The first-order valence-electron chi connectivity index (χ1n) is 10.3. The molecule has 2 amide bonds. The third kappa shape index (κ3) is 4.84. The summed E-state index contributed by atoms with van der Waals surface area (Å²) in [4.78, 5) is 17.0. The fourth-order valence-electron chi connectivity index (χ4n) is 3.78. The van der Waals surface area contributed by atoms with Gasteiger partial charge in [-0.05, 0) is 48.7 Å². The zero-order valence-corrected chi connectivity index (χ0v) is 18.3. The number of hydrogen-bond acceptors (Lipinski definition) is 3. The third-order valence-electron chi connectivity index (χ3n) is 6.04. The van der Waals surface area contributed by atoms with Crippen LogP contribution in [0.5, 0.6) is 5.75 Å². The van der Waals surface area contributed by atoms with E-state index in [0.717, 1.165) is 31.9 Å². The summed E-state index contributed by atoms with van der Waals surface area (Å²) < 4.78 is 5.23. The summed E-state index contributed by atoms with van der Waals surface area (Å²) in [5, 5.41) is 3.13. The molecule has 0 unspecified atom stereocenters. The molecule has 1 aliphatic heterocycles. The van der Waals surface area contributed by atoms with Crippen molar-refractivity contribution in [1.29, 1.82) is 0 Å². The molecule has 156 valence electrons. The SMILES string of the molecule is COc1ccc(C(C)(C)CNC(=O)N2CCN(c3cccc(C)c3C)CC2)cc1. The highest BCUT2D eigenvalue weighted by Crippen LogP contribution is 2.25. The number of benzene rings is 2. The normalized spacial score (nSPS) is 14.7. The van der Waals surface area contributed by atoms with Crippen LogP contribution in [0.15, 0.2) is 42.5 Å². The average Bonchev–Trinajstić information content (AvgIpc) is 2.74. The van der Waals surface area contributed by atoms with Crippen molar-refractivity contribution in [3.63, 3.8) is 0 Å². The smallest absolute Gasteiger partial charge is 0.317 e. The Bertz CT molecular complexity index is 838. The van der Waals surface area contributed by atoms with Gasteiger partial charge < -0.3 is 19.9 Å². The summed E-state index contributed by atoms with van der Waals surface area (Å²) in [7, 11) is 1.67. The van der Waals surface area contributed by atoms with Crippen LogP contribution in [0.4, 0.5) is 10.5 Å². The fourth-order valence-corrected chi connectivity index (χ4v) is 3.78. The molecule has 2 aromatic carbocycles. The van der Waals surface area contributed by atoms with Crippen LogP contribution in [0.3, 0.4) is 0 Å². The second-order valence-corrected chi connectivity index (χ2v) is 8.46. The van der Waals surface area contributed by atoms with Crippen molar-refractivity contribution in [3.8, 4) is 5.75 Å². The first-order valence-corrected chi connectivity index (χ1v) is 10.3. The fraction of sp³-hybridized carbons (Fsp3) is 0.458. The third-order valence-corrected chi connectivity index (χ3v) is 6.04. The van der Waals surface area contributed by atoms with E-state index in [1.165, 1.54) is 22.4 Å². The van der Waals surface area contributed by atoms with Gasteiger partial charge in [0.05, 0.1) is 7.11 Å².